The highest BCUT2D eigenvalue weighted by molar-refractivity contribution is 5.95. The minimum Gasteiger partial charge on any atom is -0.493 e. The predicted octanol–water partition coefficient (Wildman–Crippen LogP) is 4.90. The van der Waals surface area contributed by atoms with Gasteiger partial charge in [-0.1, -0.05) is 18.2 Å². The fourth-order valence-corrected chi connectivity index (χ4v) is 4.74. The summed E-state index contributed by atoms with van der Waals surface area (Å²) in [6.07, 6.45) is 2.55. The number of carbonyl (C=O) groups excluding carboxylic acids is 1. The summed E-state index contributed by atoms with van der Waals surface area (Å²) in [5.41, 5.74) is 4.63. The second-order valence-corrected chi connectivity index (χ2v) is 9.26. The lowest BCUT2D eigenvalue weighted by molar-refractivity contribution is 0.0951. The van der Waals surface area contributed by atoms with Crippen molar-refractivity contribution in [2.45, 2.75) is 38.6 Å². The number of halogens is 1. The largest absolute Gasteiger partial charge is 0.493 e. The van der Waals surface area contributed by atoms with Crippen LogP contribution in [0.4, 0.5) is 4.39 Å². The number of benzene rings is 2. The molecule has 2 aromatic carbocycles. The standard InChI is InChI=1S/C29H34FN3O3/c1-20-4-10-25(29(34)31-15-12-21-7-11-26(35-2)27(18-21)36-3)28(32-20)23-13-16-33(17-14-23)19-22-5-8-24(30)9-6-22/h4-11,18,23H,12-17,19H2,1-3H3,(H,31,34). The van der Waals surface area contributed by atoms with Crippen molar-refractivity contribution in [2.75, 3.05) is 33.9 Å². The highest BCUT2D eigenvalue weighted by Gasteiger charge is 2.26. The number of hydrogen-bond acceptors (Lipinski definition) is 5. The zero-order valence-corrected chi connectivity index (χ0v) is 21.2. The van der Waals surface area contributed by atoms with Crippen LogP contribution < -0.4 is 14.8 Å². The average molecular weight is 492 g/mol. The van der Waals surface area contributed by atoms with Gasteiger partial charge in [-0.3, -0.25) is 14.7 Å². The van der Waals surface area contributed by atoms with Crippen LogP contribution in [-0.2, 0) is 13.0 Å². The van der Waals surface area contributed by atoms with Crippen LogP contribution in [0.25, 0.3) is 0 Å². The molecule has 0 spiro atoms. The number of rotatable bonds is 9. The van der Waals surface area contributed by atoms with E-state index in [1.165, 1.54) is 12.1 Å². The van der Waals surface area contributed by atoms with E-state index in [0.717, 1.165) is 55.0 Å². The first-order valence-corrected chi connectivity index (χ1v) is 12.4. The van der Waals surface area contributed by atoms with Crippen LogP contribution in [0.15, 0.2) is 54.6 Å². The van der Waals surface area contributed by atoms with Gasteiger partial charge in [0.05, 0.1) is 25.5 Å². The van der Waals surface area contributed by atoms with Crippen molar-refractivity contribution >= 4 is 5.91 Å². The molecule has 3 aromatic rings. The summed E-state index contributed by atoms with van der Waals surface area (Å²) >= 11 is 0. The Morgan fingerprint density at radius 1 is 1.00 bits per heavy atom. The average Bonchev–Trinajstić information content (AvgIpc) is 2.90. The van der Waals surface area contributed by atoms with E-state index >= 15 is 0 Å². The number of likely N-dealkylation sites (tertiary alicyclic amines) is 1. The molecule has 0 bridgehead atoms. The maximum Gasteiger partial charge on any atom is 0.253 e. The lowest BCUT2D eigenvalue weighted by Gasteiger charge is -2.32. The first-order chi connectivity index (χ1) is 17.5. The number of ether oxygens (including phenoxy) is 2. The van der Waals surface area contributed by atoms with E-state index in [2.05, 4.69) is 10.2 Å². The van der Waals surface area contributed by atoms with Crippen LogP contribution >= 0.6 is 0 Å². The Labute approximate surface area is 212 Å². The van der Waals surface area contributed by atoms with Crippen molar-refractivity contribution in [1.29, 1.82) is 0 Å². The number of nitrogens with zero attached hydrogens (tertiary/aromatic N) is 2. The van der Waals surface area contributed by atoms with Crippen LogP contribution in [0.5, 0.6) is 11.5 Å². The molecule has 4 rings (SSSR count). The Balaban J connectivity index is 1.36. The van der Waals surface area contributed by atoms with Gasteiger partial charge in [-0.2, -0.15) is 0 Å². The third-order valence-electron chi connectivity index (χ3n) is 6.75. The molecular formula is C29H34FN3O3. The van der Waals surface area contributed by atoms with Crippen molar-refractivity contribution in [3.8, 4) is 11.5 Å². The molecule has 1 aliphatic heterocycles. The molecule has 6 nitrogen and oxygen atoms in total. The molecule has 0 unspecified atom stereocenters. The van der Waals surface area contributed by atoms with Gasteiger partial charge in [-0.25, -0.2) is 4.39 Å². The maximum atomic E-state index is 13.2. The zero-order chi connectivity index (χ0) is 25.5. The van der Waals surface area contributed by atoms with Gasteiger partial charge < -0.3 is 14.8 Å². The minimum atomic E-state index is -0.211. The van der Waals surface area contributed by atoms with E-state index in [1.807, 2.05) is 49.4 Å². The summed E-state index contributed by atoms with van der Waals surface area (Å²) in [5.74, 6) is 1.30. The summed E-state index contributed by atoms with van der Waals surface area (Å²) in [4.78, 5) is 20.3. The lowest BCUT2D eigenvalue weighted by Crippen LogP contribution is -2.34. The second-order valence-electron chi connectivity index (χ2n) is 9.26. The van der Waals surface area contributed by atoms with E-state index < -0.39 is 0 Å². The van der Waals surface area contributed by atoms with Gasteiger partial charge in [0.2, 0.25) is 0 Å². The first kappa shape index (κ1) is 25.6. The van der Waals surface area contributed by atoms with Crippen LogP contribution in [0.3, 0.4) is 0 Å². The summed E-state index contributed by atoms with van der Waals surface area (Å²) in [6.45, 7) is 5.11. The van der Waals surface area contributed by atoms with Crippen molar-refractivity contribution in [1.82, 2.24) is 15.2 Å². The number of pyridine rings is 1. The molecule has 190 valence electrons. The molecule has 1 fully saturated rings. The zero-order valence-electron chi connectivity index (χ0n) is 21.2. The quantitative estimate of drug-likeness (QED) is 0.461. The molecule has 0 atom stereocenters. The predicted molar refractivity (Wildman–Crippen MR) is 138 cm³/mol. The maximum absolute atomic E-state index is 13.2. The molecule has 1 aromatic heterocycles. The molecule has 2 heterocycles. The van der Waals surface area contributed by atoms with Crippen molar-refractivity contribution in [3.05, 3.63) is 88.5 Å². The number of piperidine rings is 1. The molecule has 1 saturated heterocycles. The van der Waals surface area contributed by atoms with E-state index in [0.29, 0.717) is 30.0 Å². The molecule has 36 heavy (non-hydrogen) atoms. The fraction of sp³-hybridized carbons (Fsp3) is 0.379. The highest BCUT2D eigenvalue weighted by atomic mass is 19.1. The number of nitrogens with one attached hydrogen (secondary N) is 1. The molecule has 1 N–H and O–H groups in total. The third-order valence-corrected chi connectivity index (χ3v) is 6.75. The Morgan fingerprint density at radius 3 is 2.39 bits per heavy atom. The van der Waals surface area contributed by atoms with Crippen LogP contribution in [0.1, 0.15) is 51.6 Å². The normalized spacial score (nSPS) is 14.4. The molecule has 0 saturated carbocycles. The smallest absolute Gasteiger partial charge is 0.253 e. The molecule has 0 aliphatic carbocycles. The Kier molecular flexibility index (Phi) is 8.54. The molecule has 1 aliphatic rings. The first-order valence-electron chi connectivity index (χ1n) is 12.4. The minimum absolute atomic E-state index is 0.0910. The number of methoxy groups -OCH3 is 2. The van der Waals surface area contributed by atoms with Crippen LogP contribution in [-0.4, -0.2) is 49.6 Å². The molecule has 7 heteroatoms. The molecular weight excluding hydrogens is 457 g/mol. The SMILES string of the molecule is COc1ccc(CCNC(=O)c2ccc(C)nc2C2CCN(Cc3ccc(F)cc3)CC2)cc1OC. The third kappa shape index (κ3) is 6.40. The number of hydrogen-bond donors (Lipinski definition) is 1. The number of amides is 1. The fourth-order valence-electron chi connectivity index (χ4n) is 4.74. The Bertz CT molecular complexity index is 1170. The van der Waals surface area contributed by atoms with Crippen LogP contribution in [0.2, 0.25) is 0 Å². The topological polar surface area (TPSA) is 63.7 Å². The summed E-state index contributed by atoms with van der Waals surface area (Å²) in [5, 5.41) is 3.07. The van der Waals surface area contributed by atoms with Gasteiger partial charge >= 0.3 is 0 Å². The summed E-state index contributed by atoms with van der Waals surface area (Å²) < 4.78 is 23.9. The highest BCUT2D eigenvalue weighted by Crippen LogP contribution is 2.30. The van der Waals surface area contributed by atoms with Gasteiger partial charge in [0.15, 0.2) is 11.5 Å². The lowest BCUT2D eigenvalue weighted by atomic mass is 9.89. The number of aryl methyl sites for hydroxylation is 1. The van der Waals surface area contributed by atoms with Gasteiger partial charge in [-0.15, -0.1) is 0 Å². The molecule has 1 amide bonds. The van der Waals surface area contributed by atoms with E-state index in [4.69, 9.17) is 14.5 Å². The van der Waals surface area contributed by atoms with Gasteiger partial charge in [0.1, 0.15) is 5.82 Å². The molecule has 0 radical (unpaired) electrons. The van der Waals surface area contributed by atoms with Crippen molar-refractivity contribution in [3.63, 3.8) is 0 Å². The summed E-state index contributed by atoms with van der Waals surface area (Å²) in [7, 11) is 3.23. The monoisotopic (exact) mass is 491 g/mol. The van der Waals surface area contributed by atoms with Gasteiger partial charge in [0.25, 0.3) is 5.91 Å². The van der Waals surface area contributed by atoms with E-state index in [-0.39, 0.29) is 17.6 Å². The van der Waals surface area contributed by atoms with Crippen molar-refractivity contribution in [2.24, 2.45) is 0 Å². The van der Waals surface area contributed by atoms with E-state index in [9.17, 15) is 9.18 Å². The Morgan fingerprint density at radius 2 is 1.69 bits per heavy atom. The summed E-state index contributed by atoms with van der Waals surface area (Å²) in [6, 6.07) is 16.3. The second kappa shape index (κ2) is 12.0. The number of carbonyl (C=O) groups is 1. The number of aromatic nitrogens is 1. The van der Waals surface area contributed by atoms with Crippen LogP contribution in [0, 0.1) is 12.7 Å². The van der Waals surface area contributed by atoms with E-state index in [1.54, 1.807) is 14.2 Å². The van der Waals surface area contributed by atoms with Gasteiger partial charge in [0, 0.05) is 24.7 Å². The van der Waals surface area contributed by atoms with Gasteiger partial charge in [-0.05, 0) is 86.8 Å². The Hall–Kier alpha value is -3.45. The van der Waals surface area contributed by atoms with Crippen molar-refractivity contribution < 1.29 is 18.7 Å².